The van der Waals surface area contributed by atoms with Crippen molar-refractivity contribution >= 4 is 17.5 Å². The smallest absolute Gasteiger partial charge is 0.347 e. The molecule has 0 fully saturated rings. The van der Waals surface area contributed by atoms with E-state index < -0.39 is 11.5 Å². The first kappa shape index (κ1) is 13.8. The quantitative estimate of drug-likeness (QED) is 0.615. The number of carboxylic acid groups (broad SMARTS) is 1. The van der Waals surface area contributed by atoms with E-state index in [0.29, 0.717) is 24.7 Å². The van der Waals surface area contributed by atoms with Crippen molar-refractivity contribution in [3.63, 3.8) is 0 Å². The molecule has 0 saturated heterocycles. The molecule has 0 amide bonds. The predicted molar refractivity (Wildman–Crippen MR) is 65.5 cm³/mol. The van der Waals surface area contributed by atoms with E-state index in [9.17, 15) is 9.59 Å². The van der Waals surface area contributed by atoms with Gasteiger partial charge in [0.15, 0.2) is 17.1 Å². The van der Waals surface area contributed by atoms with Crippen LogP contribution >= 0.6 is 0 Å². The van der Waals surface area contributed by atoms with Crippen LogP contribution in [0.2, 0.25) is 0 Å². The second kappa shape index (κ2) is 6.47. The Kier molecular flexibility index (Phi) is 4.96. The van der Waals surface area contributed by atoms with Crippen LogP contribution in [0.4, 0.5) is 0 Å². The van der Waals surface area contributed by atoms with Gasteiger partial charge in [0, 0.05) is 5.56 Å². The number of rotatable bonds is 6. The zero-order valence-electron chi connectivity index (χ0n) is 10.2. The molecule has 5 nitrogen and oxygen atoms in total. The number of carbonyl (C=O) groups is 1. The molecule has 18 heavy (non-hydrogen) atoms. The highest BCUT2D eigenvalue weighted by molar-refractivity contribution is 6.24. The lowest BCUT2D eigenvalue weighted by Gasteiger charge is -2.11. The van der Waals surface area contributed by atoms with Gasteiger partial charge in [-0.05, 0) is 32.0 Å². The van der Waals surface area contributed by atoms with Crippen LogP contribution in [0, 0.1) is 0 Å². The Balaban J connectivity index is 3.21. The van der Waals surface area contributed by atoms with Crippen LogP contribution in [0.15, 0.2) is 18.2 Å². The molecule has 0 aliphatic heterocycles. The van der Waals surface area contributed by atoms with Crippen molar-refractivity contribution in [3.8, 4) is 11.5 Å². The minimum Gasteiger partial charge on any atom is -0.490 e. The molecule has 0 radical (unpaired) electrons. The number of aliphatic carboxylic acids is 1. The highest BCUT2D eigenvalue weighted by atomic mass is 16.5. The van der Waals surface area contributed by atoms with Crippen molar-refractivity contribution in [2.75, 3.05) is 13.2 Å². The zero-order chi connectivity index (χ0) is 13.5. The van der Waals surface area contributed by atoms with Crippen LogP contribution in [0.3, 0.4) is 0 Å². The molecular formula is C13H14O5. The van der Waals surface area contributed by atoms with E-state index in [1.165, 1.54) is 18.1 Å². The van der Waals surface area contributed by atoms with Gasteiger partial charge in [-0.1, -0.05) is 0 Å². The molecule has 1 N–H and O–H groups in total. The molecule has 1 aromatic rings. The van der Waals surface area contributed by atoms with Gasteiger partial charge in [-0.25, -0.2) is 9.59 Å². The number of hydrogen-bond donors (Lipinski definition) is 1. The molecule has 0 aromatic heterocycles. The molecular weight excluding hydrogens is 236 g/mol. The van der Waals surface area contributed by atoms with Gasteiger partial charge < -0.3 is 14.6 Å². The summed E-state index contributed by atoms with van der Waals surface area (Å²) >= 11 is 0. The molecule has 0 atom stereocenters. The average molecular weight is 250 g/mol. The maximum absolute atomic E-state index is 10.8. The molecule has 0 saturated carbocycles. The van der Waals surface area contributed by atoms with Gasteiger partial charge >= 0.3 is 5.97 Å². The Morgan fingerprint density at radius 3 is 2.33 bits per heavy atom. The molecule has 0 aliphatic rings. The van der Waals surface area contributed by atoms with Crippen LogP contribution in [0.1, 0.15) is 19.4 Å². The lowest BCUT2D eigenvalue weighted by Crippen LogP contribution is -2.03. The van der Waals surface area contributed by atoms with Crippen molar-refractivity contribution in [2.45, 2.75) is 13.8 Å². The van der Waals surface area contributed by atoms with Gasteiger partial charge in [0.2, 0.25) is 0 Å². The fourth-order valence-electron chi connectivity index (χ4n) is 1.43. The van der Waals surface area contributed by atoms with Crippen molar-refractivity contribution in [1.29, 1.82) is 0 Å². The normalized spacial score (nSPS) is 9.44. The van der Waals surface area contributed by atoms with Crippen LogP contribution in [-0.4, -0.2) is 30.2 Å². The topological polar surface area (TPSA) is 72.8 Å². The Labute approximate surface area is 105 Å². The molecule has 96 valence electrons. The van der Waals surface area contributed by atoms with E-state index in [0.717, 1.165) is 0 Å². The first-order chi connectivity index (χ1) is 8.63. The maximum Gasteiger partial charge on any atom is 0.347 e. The molecule has 0 unspecified atom stereocenters. The number of carbonyl (C=O) groups excluding carboxylic acids is 1. The summed E-state index contributed by atoms with van der Waals surface area (Å²) in [5, 5.41) is 8.85. The Hall–Kier alpha value is -2.26. The minimum atomic E-state index is -1.32. The van der Waals surface area contributed by atoms with Crippen LogP contribution in [0.5, 0.6) is 11.5 Å². The first-order valence-corrected chi connectivity index (χ1v) is 5.52. The number of carboxylic acids is 1. The van der Waals surface area contributed by atoms with E-state index in [1.54, 1.807) is 13.0 Å². The molecule has 0 spiro atoms. The van der Waals surface area contributed by atoms with Gasteiger partial charge in [-0.15, -0.1) is 0 Å². The summed E-state index contributed by atoms with van der Waals surface area (Å²) in [5.41, 5.74) is -0.191. The van der Waals surface area contributed by atoms with Crippen molar-refractivity contribution < 1.29 is 24.2 Å². The first-order valence-electron chi connectivity index (χ1n) is 5.52. The summed E-state index contributed by atoms with van der Waals surface area (Å²) in [7, 11) is 0. The highest BCUT2D eigenvalue weighted by Gasteiger charge is 2.15. The van der Waals surface area contributed by atoms with Crippen LogP contribution < -0.4 is 9.47 Å². The van der Waals surface area contributed by atoms with E-state index >= 15 is 0 Å². The molecule has 0 bridgehead atoms. The summed E-state index contributed by atoms with van der Waals surface area (Å²) in [6.45, 7) is 4.51. The molecule has 0 heterocycles. The van der Waals surface area contributed by atoms with E-state index in [2.05, 4.69) is 0 Å². The third-order valence-electron chi connectivity index (χ3n) is 2.15. The highest BCUT2D eigenvalue weighted by Crippen LogP contribution is 2.30. The molecule has 1 rings (SSSR count). The largest absolute Gasteiger partial charge is 0.490 e. The number of benzene rings is 1. The van der Waals surface area contributed by atoms with Crippen molar-refractivity contribution in [1.82, 2.24) is 0 Å². The van der Waals surface area contributed by atoms with Gasteiger partial charge in [0.05, 0.1) is 13.2 Å². The van der Waals surface area contributed by atoms with E-state index in [4.69, 9.17) is 14.6 Å². The summed E-state index contributed by atoms with van der Waals surface area (Å²) in [4.78, 5) is 21.5. The molecule has 5 heteroatoms. The Morgan fingerprint density at radius 1 is 1.22 bits per heavy atom. The minimum absolute atomic E-state index is 0.240. The van der Waals surface area contributed by atoms with E-state index in [1.807, 2.05) is 6.92 Å². The zero-order valence-corrected chi connectivity index (χ0v) is 10.2. The molecule has 0 aliphatic carbocycles. The van der Waals surface area contributed by atoms with Crippen molar-refractivity contribution in [2.24, 2.45) is 0 Å². The summed E-state index contributed by atoms with van der Waals surface area (Å²) in [5.74, 6) is 1.01. The summed E-state index contributed by atoms with van der Waals surface area (Å²) in [6.07, 6.45) is 0. The fourth-order valence-corrected chi connectivity index (χ4v) is 1.43. The Bertz CT molecular complexity index is 486. The van der Waals surface area contributed by atoms with Crippen molar-refractivity contribution in [3.05, 3.63) is 23.8 Å². The average Bonchev–Trinajstić information content (AvgIpc) is 2.33. The predicted octanol–water partition coefficient (Wildman–Crippen LogP) is 1.78. The lowest BCUT2D eigenvalue weighted by molar-refractivity contribution is -0.130. The molecule has 1 aromatic carbocycles. The van der Waals surface area contributed by atoms with Gasteiger partial charge in [0.25, 0.3) is 0 Å². The number of ether oxygens (including phenoxy) is 2. The maximum atomic E-state index is 10.8. The fraction of sp³-hybridized carbons (Fsp3) is 0.308. The van der Waals surface area contributed by atoms with Crippen LogP contribution in [0.25, 0.3) is 5.57 Å². The summed E-state index contributed by atoms with van der Waals surface area (Å²) in [6, 6.07) is 4.52. The lowest BCUT2D eigenvalue weighted by atomic mass is 10.1. The summed E-state index contributed by atoms with van der Waals surface area (Å²) < 4.78 is 10.7. The SMILES string of the molecule is CCOc1ccc(C(=C=O)C(=O)O)cc1OCC. The Morgan fingerprint density at radius 2 is 1.83 bits per heavy atom. The van der Waals surface area contributed by atoms with Gasteiger partial charge in [-0.2, -0.15) is 0 Å². The second-order valence-corrected chi connectivity index (χ2v) is 3.31. The van der Waals surface area contributed by atoms with Gasteiger partial charge in [0.1, 0.15) is 5.94 Å². The van der Waals surface area contributed by atoms with Crippen LogP contribution in [-0.2, 0) is 9.59 Å². The number of hydrogen-bond acceptors (Lipinski definition) is 4. The third-order valence-corrected chi connectivity index (χ3v) is 2.15. The monoisotopic (exact) mass is 250 g/mol. The third kappa shape index (κ3) is 3.12. The van der Waals surface area contributed by atoms with E-state index in [-0.39, 0.29) is 5.56 Å². The second-order valence-electron chi connectivity index (χ2n) is 3.31. The standard InChI is InChI=1S/C13H14O5/c1-3-17-11-6-5-9(7-12(11)18-4-2)10(8-14)13(15)16/h5-7H,3-4H2,1-2H3,(H,15,16). The van der Waals surface area contributed by atoms with Gasteiger partial charge in [-0.3, -0.25) is 0 Å².